The van der Waals surface area contributed by atoms with E-state index in [0.29, 0.717) is 17.1 Å². The molecule has 0 fully saturated rings. The Morgan fingerprint density at radius 2 is 2.07 bits per heavy atom. The van der Waals surface area contributed by atoms with Crippen LogP contribution in [0.4, 0.5) is 4.39 Å². The lowest BCUT2D eigenvalue weighted by atomic mass is 10.1. The third-order valence-electron chi connectivity index (χ3n) is 1.95. The molecule has 1 atom stereocenters. The summed E-state index contributed by atoms with van der Waals surface area (Å²) in [7, 11) is 2.99. The van der Waals surface area contributed by atoms with E-state index in [1.54, 1.807) is 18.2 Å². The van der Waals surface area contributed by atoms with Crippen LogP contribution < -0.4 is 9.47 Å². The van der Waals surface area contributed by atoms with Gasteiger partial charge in [0.1, 0.15) is 24.3 Å². The lowest BCUT2D eigenvalue weighted by molar-refractivity contribution is 0.138. The first-order valence-corrected chi connectivity index (χ1v) is 4.19. The van der Waals surface area contributed by atoms with Crippen molar-refractivity contribution >= 4 is 0 Å². The van der Waals surface area contributed by atoms with Crippen LogP contribution in [-0.4, -0.2) is 26.0 Å². The van der Waals surface area contributed by atoms with Crippen molar-refractivity contribution in [1.29, 1.82) is 0 Å². The Hall–Kier alpha value is -1.29. The molecule has 1 unspecified atom stereocenters. The van der Waals surface area contributed by atoms with E-state index in [4.69, 9.17) is 9.47 Å². The topological polar surface area (TPSA) is 38.7 Å². The Balaban J connectivity index is 3.04. The molecule has 0 aliphatic rings. The Bertz CT molecular complexity index is 301. The molecule has 0 saturated heterocycles. The molecule has 78 valence electrons. The predicted molar refractivity (Wildman–Crippen MR) is 50.5 cm³/mol. The van der Waals surface area contributed by atoms with Crippen molar-refractivity contribution in [2.75, 3.05) is 20.9 Å². The molecule has 14 heavy (non-hydrogen) atoms. The van der Waals surface area contributed by atoms with Crippen molar-refractivity contribution in [2.24, 2.45) is 0 Å². The zero-order valence-electron chi connectivity index (χ0n) is 8.16. The average Bonchev–Trinajstić information content (AvgIpc) is 2.27. The van der Waals surface area contributed by atoms with Gasteiger partial charge in [0, 0.05) is 11.6 Å². The number of ether oxygens (including phenoxy) is 2. The van der Waals surface area contributed by atoms with Gasteiger partial charge in [0.25, 0.3) is 0 Å². The summed E-state index contributed by atoms with van der Waals surface area (Å²) in [5.41, 5.74) is 0.427. The van der Waals surface area contributed by atoms with Gasteiger partial charge < -0.3 is 14.6 Å². The van der Waals surface area contributed by atoms with E-state index in [-0.39, 0.29) is 0 Å². The molecule has 1 rings (SSSR count). The first kappa shape index (κ1) is 10.8. The number of halogens is 1. The Morgan fingerprint density at radius 3 is 2.57 bits per heavy atom. The first-order valence-electron chi connectivity index (χ1n) is 4.19. The van der Waals surface area contributed by atoms with Crippen molar-refractivity contribution in [2.45, 2.75) is 6.10 Å². The fourth-order valence-corrected chi connectivity index (χ4v) is 1.18. The smallest absolute Gasteiger partial charge is 0.128 e. The molecule has 0 bridgehead atoms. The third-order valence-corrected chi connectivity index (χ3v) is 1.95. The van der Waals surface area contributed by atoms with Gasteiger partial charge in [-0.1, -0.05) is 0 Å². The molecule has 0 aromatic heterocycles. The van der Waals surface area contributed by atoms with Crippen LogP contribution in [0.15, 0.2) is 18.2 Å². The molecule has 0 saturated carbocycles. The maximum Gasteiger partial charge on any atom is 0.128 e. The quantitative estimate of drug-likeness (QED) is 0.804. The maximum absolute atomic E-state index is 12.2. The number of methoxy groups -OCH3 is 2. The Kier molecular flexibility index (Phi) is 3.71. The Labute approximate surface area is 82.1 Å². The molecular formula is C10H13FO3. The van der Waals surface area contributed by atoms with Crippen LogP contribution in [0, 0.1) is 0 Å². The van der Waals surface area contributed by atoms with E-state index in [2.05, 4.69) is 0 Å². The monoisotopic (exact) mass is 200 g/mol. The van der Waals surface area contributed by atoms with Crippen molar-refractivity contribution in [3.05, 3.63) is 23.8 Å². The second-order valence-electron chi connectivity index (χ2n) is 2.78. The molecule has 1 aromatic rings. The van der Waals surface area contributed by atoms with Crippen LogP contribution in [0.1, 0.15) is 11.7 Å². The van der Waals surface area contributed by atoms with Gasteiger partial charge in [0.15, 0.2) is 0 Å². The number of aliphatic hydroxyl groups excluding tert-OH is 1. The zero-order valence-corrected chi connectivity index (χ0v) is 8.16. The third kappa shape index (κ3) is 2.14. The van der Waals surface area contributed by atoms with E-state index in [1.165, 1.54) is 14.2 Å². The summed E-state index contributed by atoms with van der Waals surface area (Å²) in [6.45, 7) is -0.831. The average molecular weight is 200 g/mol. The second-order valence-corrected chi connectivity index (χ2v) is 2.78. The number of rotatable bonds is 4. The molecule has 3 nitrogen and oxygen atoms in total. The summed E-state index contributed by atoms with van der Waals surface area (Å²) in [6.07, 6.45) is -1.14. The zero-order chi connectivity index (χ0) is 10.6. The van der Waals surface area contributed by atoms with E-state index in [0.717, 1.165) is 0 Å². The van der Waals surface area contributed by atoms with Gasteiger partial charge in [-0.3, -0.25) is 0 Å². The number of aliphatic hydroxyl groups is 1. The minimum atomic E-state index is -1.14. The molecule has 1 aromatic carbocycles. The van der Waals surface area contributed by atoms with E-state index in [9.17, 15) is 9.50 Å². The normalized spacial score (nSPS) is 12.3. The van der Waals surface area contributed by atoms with Crippen LogP contribution in [0.5, 0.6) is 11.5 Å². The first-order chi connectivity index (χ1) is 6.72. The number of benzene rings is 1. The summed E-state index contributed by atoms with van der Waals surface area (Å²) in [5.74, 6) is 1.03. The summed E-state index contributed by atoms with van der Waals surface area (Å²) in [6, 6.07) is 4.84. The highest BCUT2D eigenvalue weighted by atomic mass is 19.1. The van der Waals surface area contributed by atoms with E-state index < -0.39 is 12.8 Å². The van der Waals surface area contributed by atoms with Crippen molar-refractivity contribution in [3.63, 3.8) is 0 Å². The van der Waals surface area contributed by atoms with Gasteiger partial charge in [0.2, 0.25) is 0 Å². The molecular weight excluding hydrogens is 187 g/mol. The second kappa shape index (κ2) is 4.81. The summed E-state index contributed by atoms with van der Waals surface area (Å²) >= 11 is 0. The minimum Gasteiger partial charge on any atom is -0.497 e. The lowest BCUT2D eigenvalue weighted by Crippen LogP contribution is -2.02. The molecule has 0 aliphatic heterocycles. The minimum absolute atomic E-state index is 0.425. The highest BCUT2D eigenvalue weighted by Crippen LogP contribution is 2.29. The molecule has 0 aliphatic carbocycles. The van der Waals surface area contributed by atoms with Gasteiger partial charge in [-0.25, -0.2) is 4.39 Å². The lowest BCUT2D eigenvalue weighted by Gasteiger charge is -2.12. The molecule has 0 amide bonds. The van der Waals surface area contributed by atoms with Gasteiger partial charge in [-0.15, -0.1) is 0 Å². The van der Waals surface area contributed by atoms with Crippen LogP contribution in [0.3, 0.4) is 0 Å². The summed E-state index contributed by atoms with van der Waals surface area (Å²) < 4.78 is 22.2. The molecule has 0 radical (unpaired) electrons. The number of hydrogen-bond acceptors (Lipinski definition) is 3. The van der Waals surface area contributed by atoms with E-state index >= 15 is 0 Å². The van der Waals surface area contributed by atoms with Gasteiger partial charge >= 0.3 is 0 Å². The fourth-order valence-electron chi connectivity index (χ4n) is 1.18. The SMILES string of the molecule is COc1ccc(C(O)CF)c(OC)c1. The van der Waals surface area contributed by atoms with Crippen molar-refractivity contribution in [3.8, 4) is 11.5 Å². The van der Waals surface area contributed by atoms with Crippen molar-refractivity contribution < 1.29 is 19.0 Å². The standard InChI is InChI=1S/C10H13FO3/c1-13-7-3-4-8(9(12)6-11)10(5-7)14-2/h3-5,9,12H,6H2,1-2H3. The van der Waals surface area contributed by atoms with E-state index in [1.807, 2.05) is 0 Å². The van der Waals surface area contributed by atoms with Crippen LogP contribution in [0.25, 0.3) is 0 Å². The summed E-state index contributed by atoms with van der Waals surface area (Å²) in [4.78, 5) is 0. The highest BCUT2D eigenvalue weighted by molar-refractivity contribution is 5.41. The molecule has 0 spiro atoms. The van der Waals surface area contributed by atoms with Crippen molar-refractivity contribution in [1.82, 2.24) is 0 Å². The summed E-state index contributed by atoms with van der Waals surface area (Å²) in [5, 5.41) is 9.31. The van der Waals surface area contributed by atoms with Crippen LogP contribution in [-0.2, 0) is 0 Å². The Morgan fingerprint density at radius 1 is 1.36 bits per heavy atom. The molecule has 0 heterocycles. The molecule has 4 heteroatoms. The van der Waals surface area contributed by atoms with Gasteiger partial charge in [-0.2, -0.15) is 0 Å². The maximum atomic E-state index is 12.2. The van der Waals surface area contributed by atoms with Crippen LogP contribution in [0.2, 0.25) is 0 Å². The fraction of sp³-hybridized carbons (Fsp3) is 0.400. The number of hydrogen-bond donors (Lipinski definition) is 1. The van der Waals surface area contributed by atoms with Gasteiger partial charge in [0.05, 0.1) is 14.2 Å². The van der Waals surface area contributed by atoms with Crippen LogP contribution >= 0.6 is 0 Å². The number of alkyl halides is 1. The predicted octanol–water partition coefficient (Wildman–Crippen LogP) is 1.71. The van der Waals surface area contributed by atoms with Gasteiger partial charge in [-0.05, 0) is 12.1 Å². The highest BCUT2D eigenvalue weighted by Gasteiger charge is 2.13. The largest absolute Gasteiger partial charge is 0.497 e. The molecule has 1 N–H and O–H groups in total.